The molecule has 4 heterocycles. The second-order valence-corrected chi connectivity index (χ2v) is 24.6. The summed E-state index contributed by atoms with van der Waals surface area (Å²) in [5.41, 5.74) is 1.59. The van der Waals surface area contributed by atoms with Gasteiger partial charge in [-0.15, -0.1) is 0 Å². The van der Waals surface area contributed by atoms with Crippen LogP contribution >= 0.6 is 0 Å². The number of likely N-dealkylation sites (tertiary alicyclic amines) is 4. The van der Waals surface area contributed by atoms with Gasteiger partial charge in [-0.05, 0) is 225 Å². The van der Waals surface area contributed by atoms with Crippen LogP contribution in [0.2, 0.25) is 0 Å². The number of hydrogen-bond acceptors (Lipinski definition) is 11. The number of carboxylic acid groups (broad SMARTS) is 2. The lowest BCUT2D eigenvalue weighted by atomic mass is 9.40. The minimum atomic E-state index is -2.01. The van der Waals surface area contributed by atoms with Gasteiger partial charge in [-0.25, -0.2) is 19.2 Å². The monoisotopic (exact) mass is 865 g/mol. The summed E-state index contributed by atoms with van der Waals surface area (Å²) in [4.78, 5) is 50.5. The Bertz CT molecular complexity index is 1410. The molecule has 4 fully saturated rings. The molecule has 0 aromatic rings. The van der Waals surface area contributed by atoms with Crippen molar-refractivity contribution in [1.82, 2.24) is 19.6 Å². The number of nitrogens with zero attached hydrogens (tertiary/aromatic N) is 4. The number of ether oxygens (including phenoxy) is 3. The summed E-state index contributed by atoms with van der Waals surface area (Å²) < 4.78 is 9.92. The third kappa shape index (κ3) is 10.9. The van der Waals surface area contributed by atoms with Crippen molar-refractivity contribution in [2.24, 2.45) is 35.0 Å². The molecular weight excluding hydrogens is 777 g/mol. The summed E-state index contributed by atoms with van der Waals surface area (Å²) >= 11 is 0. The van der Waals surface area contributed by atoms with Gasteiger partial charge in [0.2, 0.25) is 0 Å². The average molecular weight is 865 g/mol. The topological polar surface area (TPSA) is 149 Å². The minimum Gasteiger partial charge on any atom is -0.449 e. The van der Waals surface area contributed by atoms with Gasteiger partial charge >= 0.3 is 24.6 Å². The first-order valence-corrected chi connectivity index (χ1v) is 22.8. The van der Waals surface area contributed by atoms with Crippen LogP contribution in [0, 0.1) is 35.0 Å². The van der Waals surface area contributed by atoms with Crippen LogP contribution in [0.25, 0.3) is 0 Å². The Morgan fingerprint density at radius 1 is 0.459 bits per heavy atom. The molecule has 4 aliphatic rings. The molecule has 1 atom stereocenters. The zero-order chi connectivity index (χ0) is 47.5. The molecule has 0 bridgehead atoms. The largest absolute Gasteiger partial charge is 0.528 e. The smallest absolute Gasteiger partial charge is 0.449 e. The molecule has 4 aliphatic heterocycles. The number of piperidine rings is 4. The van der Waals surface area contributed by atoms with Crippen molar-refractivity contribution in [3.05, 3.63) is 0 Å². The second-order valence-electron chi connectivity index (χ2n) is 24.6. The Hall–Kier alpha value is -2.48. The van der Waals surface area contributed by atoms with Crippen molar-refractivity contribution in [2.45, 2.75) is 220 Å². The van der Waals surface area contributed by atoms with E-state index in [4.69, 9.17) is 10.2 Å². The van der Waals surface area contributed by atoms with Crippen LogP contribution in [-0.4, -0.2) is 127 Å². The summed E-state index contributed by atoms with van der Waals surface area (Å²) in [5.74, 6) is 3.49. The maximum absolute atomic E-state index is 10.1. The number of carbonyl (C=O) groups is 4. The van der Waals surface area contributed by atoms with Crippen LogP contribution in [-0.2, 0) is 14.2 Å². The third-order valence-electron chi connectivity index (χ3n) is 17.5. The van der Waals surface area contributed by atoms with Gasteiger partial charge in [0, 0.05) is 44.3 Å². The van der Waals surface area contributed by atoms with Gasteiger partial charge in [-0.2, -0.15) is 0 Å². The molecule has 61 heavy (non-hydrogen) atoms. The van der Waals surface area contributed by atoms with Gasteiger partial charge in [-0.1, -0.05) is 13.3 Å². The summed E-state index contributed by atoms with van der Waals surface area (Å²) in [5, 5.41) is 15.6. The second kappa shape index (κ2) is 17.5. The van der Waals surface area contributed by atoms with Crippen molar-refractivity contribution in [3.8, 4) is 0 Å². The molecule has 0 aromatic carbocycles. The van der Waals surface area contributed by atoms with Crippen molar-refractivity contribution in [3.63, 3.8) is 0 Å². The maximum atomic E-state index is 10.1. The molecule has 2 N–H and O–H groups in total. The Labute approximate surface area is 369 Å². The van der Waals surface area contributed by atoms with E-state index in [0.717, 1.165) is 5.92 Å². The zero-order valence-electron chi connectivity index (χ0n) is 42.3. The van der Waals surface area contributed by atoms with E-state index in [1.165, 1.54) is 57.8 Å². The molecule has 354 valence electrons. The lowest BCUT2D eigenvalue weighted by Gasteiger charge is -2.70. The molecule has 13 heteroatoms. The van der Waals surface area contributed by atoms with E-state index in [1.807, 2.05) is 0 Å². The highest BCUT2D eigenvalue weighted by molar-refractivity contribution is 5.86. The lowest BCUT2D eigenvalue weighted by molar-refractivity contribution is -0.209. The molecule has 0 spiro atoms. The quantitative estimate of drug-likeness (QED) is 0.193. The number of hydrogen-bond donors (Lipinski definition) is 2. The molecule has 13 nitrogen and oxygen atoms in total. The van der Waals surface area contributed by atoms with Crippen LogP contribution in [0.1, 0.15) is 175 Å². The normalized spacial score (nSPS) is 27.5. The van der Waals surface area contributed by atoms with Crippen molar-refractivity contribution < 1.29 is 43.6 Å². The van der Waals surface area contributed by atoms with Gasteiger partial charge in [0.1, 0.15) is 0 Å². The fourth-order valence-corrected chi connectivity index (χ4v) is 14.2. The Balaban J connectivity index is 0.000000657. The molecule has 0 saturated carbocycles. The van der Waals surface area contributed by atoms with Crippen LogP contribution in [0.3, 0.4) is 0 Å². The molecule has 0 amide bonds. The van der Waals surface area contributed by atoms with Crippen LogP contribution in [0.5, 0.6) is 0 Å². The van der Waals surface area contributed by atoms with Gasteiger partial charge in [0.15, 0.2) is 0 Å². The minimum absolute atomic E-state index is 0.161. The Kier molecular flexibility index (Phi) is 15.2. The first-order chi connectivity index (χ1) is 27.2. The van der Waals surface area contributed by atoms with Crippen LogP contribution in [0.15, 0.2) is 0 Å². The van der Waals surface area contributed by atoms with Gasteiger partial charge < -0.3 is 24.4 Å². The van der Waals surface area contributed by atoms with E-state index in [9.17, 15) is 19.2 Å². The highest BCUT2D eigenvalue weighted by atomic mass is 16.9. The van der Waals surface area contributed by atoms with Gasteiger partial charge in [-0.3, -0.25) is 19.6 Å². The van der Waals surface area contributed by atoms with Gasteiger partial charge in [0.25, 0.3) is 0 Å². The molecule has 0 aliphatic carbocycles. The van der Waals surface area contributed by atoms with Crippen LogP contribution in [0.4, 0.5) is 19.2 Å². The van der Waals surface area contributed by atoms with Gasteiger partial charge in [0.05, 0.1) is 0 Å². The van der Waals surface area contributed by atoms with Crippen LogP contribution < -0.4 is 0 Å². The third-order valence-corrected chi connectivity index (χ3v) is 17.5. The fraction of sp³-hybridized carbons (Fsp3) is 0.917. The maximum Gasteiger partial charge on any atom is 0.528 e. The highest BCUT2D eigenvalue weighted by Crippen LogP contribution is 2.68. The van der Waals surface area contributed by atoms with E-state index in [-0.39, 0.29) is 49.7 Å². The van der Waals surface area contributed by atoms with E-state index in [2.05, 4.69) is 180 Å². The highest BCUT2D eigenvalue weighted by Gasteiger charge is 2.66. The molecule has 4 rings (SSSR count). The molecule has 0 aromatic heterocycles. The summed E-state index contributed by atoms with van der Waals surface area (Å²) in [6.45, 7) is 43.8. The van der Waals surface area contributed by atoms with Crippen molar-refractivity contribution >= 4 is 24.6 Å². The first-order valence-electron chi connectivity index (χ1n) is 22.8. The summed E-state index contributed by atoms with van der Waals surface area (Å²) in [7, 11) is 9.71. The van der Waals surface area contributed by atoms with Crippen molar-refractivity contribution in [1.29, 1.82) is 0 Å². The number of carbonyl (C=O) groups excluding carboxylic acids is 2. The zero-order valence-corrected chi connectivity index (χ0v) is 42.3. The number of rotatable bonds is 6. The molecule has 4 saturated heterocycles. The summed E-state index contributed by atoms with van der Waals surface area (Å²) in [6.07, 6.45) is 3.95. The van der Waals surface area contributed by atoms with E-state index in [1.54, 1.807) is 0 Å². The molecule has 0 radical (unpaired) electrons. The SMILES string of the molecule is CCC(C1CC(C)(C)N(C)C(C)(C)C1)C(C1CC(C)(C)N(C)C(C)(C)C1)(C1CC(C)(C)N(C)C(C)(C)C1)C1CC(C)(C)N(C)C(C)(C)C1.O=C(O)OC(=O)OC(=O)OC(=O)O. The molecule has 1 unspecified atom stereocenters. The van der Waals surface area contributed by atoms with Crippen molar-refractivity contribution in [2.75, 3.05) is 28.2 Å². The predicted molar refractivity (Wildman–Crippen MR) is 241 cm³/mol. The van der Waals surface area contributed by atoms with E-state index < -0.39 is 24.6 Å². The van der Waals surface area contributed by atoms with E-state index >= 15 is 0 Å². The Morgan fingerprint density at radius 3 is 0.869 bits per heavy atom. The lowest BCUT2D eigenvalue weighted by Crippen LogP contribution is -2.70. The predicted octanol–water partition coefficient (Wildman–Crippen LogP) is 11.2. The first kappa shape index (κ1) is 52.9. The fourth-order valence-electron chi connectivity index (χ4n) is 14.2. The Morgan fingerprint density at radius 2 is 0.672 bits per heavy atom. The average Bonchev–Trinajstić information content (AvgIpc) is 3.04. The van der Waals surface area contributed by atoms with E-state index in [0.29, 0.717) is 23.7 Å². The molecular formula is C48H88N4O9. The standard InChI is InChI=1S/C44H86N4.C4H2O9/c1-22-35(31-23-36(2,3)45(18)37(4,5)24-31)44(32-25-38(6,7)46(19)39(8,9)26-32,33-27-40(10,11)47(20)41(12,13)28-33)34-29-42(14,15)48(21)43(16,17)30-34;5-1(6)11-3(9)13-4(10)12-2(7)8/h31-35H,22-30H2,1-21H3;(H,5,6)(H,7,8). The summed E-state index contributed by atoms with van der Waals surface area (Å²) in [6, 6.07) is 0.